The normalized spacial score (nSPS) is 10.2. The van der Waals surface area contributed by atoms with Crippen LogP contribution < -0.4 is 5.32 Å². The van der Waals surface area contributed by atoms with Gasteiger partial charge >= 0.3 is 5.88 Å². The van der Waals surface area contributed by atoms with Crippen LogP contribution in [-0.2, 0) is 0 Å². The molecule has 0 saturated carbocycles. The largest absolute Gasteiger partial charge is 0.433 e. The molecule has 0 radical (unpaired) electrons. The van der Waals surface area contributed by atoms with Crippen LogP contribution in [0.5, 0.6) is 0 Å². The third kappa shape index (κ3) is 2.61. The minimum absolute atomic E-state index is 0.126. The van der Waals surface area contributed by atoms with Crippen molar-refractivity contribution >= 4 is 11.8 Å². The zero-order valence-corrected chi connectivity index (χ0v) is 10.8. The molecule has 2 aromatic heterocycles. The number of aromatic nitrogens is 1. The Morgan fingerprint density at radius 3 is 2.95 bits per heavy atom. The minimum atomic E-state index is -0.657. The van der Waals surface area contributed by atoms with E-state index in [-0.39, 0.29) is 22.9 Å². The number of nitrogens with zero attached hydrogens (tertiary/aromatic N) is 3. The number of hydrogen-bond donors (Lipinski definition) is 1. The van der Waals surface area contributed by atoms with Gasteiger partial charge in [-0.25, -0.2) is 0 Å². The minimum Gasteiger partial charge on any atom is -0.399 e. The Bertz CT molecular complexity index is 653. The van der Waals surface area contributed by atoms with Crippen LogP contribution in [0.4, 0.5) is 11.8 Å². The summed E-state index contributed by atoms with van der Waals surface area (Å²) in [6.45, 7) is 2.69. The summed E-state index contributed by atoms with van der Waals surface area (Å²) in [5.74, 6) is -0.0390. The van der Waals surface area contributed by atoms with E-state index >= 15 is 0 Å². The van der Waals surface area contributed by atoms with Crippen molar-refractivity contribution in [3.8, 4) is 17.5 Å². The number of nitriles is 1. The average molecular weight is 276 g/mol. The van der Waals surface area contributed by atoms with Crippen molar-refractivity contribution < 1.29 is 13.9 Å². The van der Waals surface area contributed by atoms with Crippen LogP contribution >= 0.6 is 0 Å². The van der Waals surface area contributed by atoms with Crippen LogP contribution in [0.25, 0.3) is 11.5 Å². The van der Waals surface area contributed by atoms with E-state index in [2.05, 4.69) is 10.5 Å². The van der Waals surface area contributed by atoms with Crippen molar-refractivity contribution in [2.24, 2.45) is 0 Å². The van der Waals surface area contributed by atoms with Crippen molar-refractivity contribution in [3.63, 3.8) is 0 Å². The molecule has 0 fully saturated rings. The van der Waals surface area contributed by atoms with E-state index < -0.39 is 10.8 Å². The Labute approximate surface area is 114 Å². The number of nitro groups is 1. The van der Waals surface area contributed by atoms with Gasteiger partial charge in [0.1, 0.15) is 16.6 Å². The fourth-order valence-corrected chi connectivity index (χ4v) is 1.61. The van der Waals surface area contributed by atoms with E-state index in [0.717, 1.165) is 12.8 Å². The lowest BCUT2D eigenvalue weighted by Crippen LogP contribution is -2.01. The molecule has 104 valence electrons. The second-order valence-electron chi connectivity index (χ2n) is 4.02. The van der Waals surface area contributed by atoms with Crippen molar-refractivity contribution in [1.82, 2.24) is 5.16 Å². The molecular formula is C12H12N4O4. The number of nitrogens with one attached hydrogen (secondary N) is 1. The number of hydrogen-bond acceptors (Lipinski definition) is 7. The predicted molar refractivity (Wildman–Crippen MR) is 69.0 cm³/mol. The maximum atomic E-state index is 10.6. The van der Waals surface area contributed by atoms with E-state index in [4.69, 9.17) is 14.2 Å². The Balaban J connectivity index is 2.27. The third-order valence-corrected chi connectivity index (χ3v) is 2.62. The van der Waals surface area contributed by atoms with Crippen molar-refractivity contribution in [1.29, 1.82) is 5.26 Å². The van der Waals surface area contributed by atoms with Crippen molar-refractivity contribution in [2.75, 3.05) is 11.9 Å². The van der Waals surface area contributed by atoms with Crippen LogP contribution in [0, 0.1) is 21.4 Å². The first-order valence-corrected chi connectivity index (χ1v) is 6.05. The van der Waals surface area contributed by atoms with Gasteiger partial charge in [-0.15, -0.1) is 0 Å². The molecule has 1 N–H and O–H groups in total. The van der Waals surface area contributed by atoms with Crippen LogP contribution in [0.15, 0.2) is 21.1 Å². The van der Waals surface area contributed by atoms with E-state index in [9.17, 15) is 10.1 Å². The first-order chi connectivity index (χ1) is 9.67. The molecule has 0 aliphatic heterocycles. The van der Waals surface area contributed by atoms with Gasteiger partial charge in [-0.05, 0) is 12.5 Å². The Morgan fingerprint density at radius 2 is 2.35 bits per heavy atom. The van der Waals surface area contributed by atoms with Crippen molar-refractivity contribution in [2.45, 2.75) is 19.8 Å². The summed E-state index contributed by atoms with van der Waals surface area (Å²) in [6.07, 6.45) is 1.92. The first-order valence-electron chi connectivity index (χ1n) is 6.05. The molecule has 8 nitrogen and oxygen atoms in total. The highest BCUT2D eigenvalue weighted by atomic mass is 16.6. The highest BCUT2D eigenvalue weighted by Crippen LogP contribution is 2.31. The molecule has 0 saturated heterocycles. The highest BCUT2D eigenvalue weighted by molar-refractivity contribution is 5.69. The molecule has 0 bridgehead atoms. The van der Waals surface area contributed by atoms with Gasteiger partial charge in [0.05, 0.1) is 6.07 Å². The molecule has 0 unspecified atom stereocenters. The number of anilines is 1. The van der Waals surface area contributed by atoms with E-state index in [1.807, 2.05) is 13.0 Å². The van der Waals surface area contributed by atoms with Crippen LogP contribution in [0.2, 0.25) is 0 Å². The standard InChI is InChI=1S/C12H12N4O4/c1-2-3-6-14-12-8(7-13)11(15-20-12)9-4-5-10(19-9)16(17)18/h4-5,14H,2-3,6H2,1H3. The number of rotatable bonds is 6. The monoisotopic (exact) mass is 276 g/mol. The third-order valence-electron chi connectivity index (χ3n) is 2.62. The molecule has 2 rings (SSSR count). The van der Waals surface area contributed by atoms with Gasteiger partial charge in [-0.2, -0.15) is 5.26 Å². The van der Waals surface area contributed by atoms with Gasteiger partial charge in [0.2, 0.25) is 5.88 Å². The summed E-state index contributed by atoms with van der Waals surface area (Å²) in [7, 11) is 0. The van der Waals surface area contributed by atoms with E-state index in [0.29, 0.717) is 6.54 Å². The lowest BCUT2D eigenvalue weighted by molar-refractivity contribution is -0.401. The fourth-order valence-electron chi connectivity index (χ4n) is 1.61. The average Bonchev–Trinajstić information content (AvgIpc) is 3.04. The SMILES string of the molecule is CCCCNc1onc(-c2ccc([N+](=O)[O-])o2)c1C#N. The second-order valence-corrected chi connectivity index (χ2v) is 4.02. The molecule has 0 spiro atoms. The lowest BCUT2D eigenvalue weighted by Gasteiger charge is -1.99. The van der Waals surface area contributed by atoms with Gasteiger partial charge in [-0.1, -0.05) is 18.5 Å². The zero-order chi connectivity index (χ0) is 14.5. The smallest absolute Gasteiger partial charge is 0.399 e. The number of furan rings is 1. The summed E-state index contributed by atoms with van der Waals surface area (Å²) in [5, 5.41) is 26.4. The molecule has 2 heterocycles. The van der Waals surface area contributed by atoms with Crippen LogP contribution in [0.3, 0.4) is 0 Å². The summed E-state index contributed by atoms with van der Waals surface area (Å²) in [5.41, 5.74) is 0.324. The van der Waals surface area contributed by atoms with Crippen molar-refractivity contribution in [3.05, 3.63) is 27.8 Å². The highest BCUT2D eigenvalue weighted by Gasteiger charge is 2.22. The Kier molecular flexibility index (Phi) is 4.00. The lowest BCUT2D eigenvalue weighted by atomic mass is 10.2. The summed E-state index contributed by atoms with van der Waals surface area (Å²) >= 11 is 0. The molecule has 0 aliphatic rings. The Hall–Kier alpha value is -2.82. The molecule has 0 aromatic carbocycles. The molecule has 20 heavy (non-hydrogen) atoms. The van der Waals surface area contributed by atoms with Gasteiger partial charge in [0.15, 0.2) is 11.5 Å². The topological polar surface area (TPSA) is 118 Å². The molecule has 0 amide bonds. The first kappa shape index (κ1) is 13.6. The summed E-state index contributed by atoms with van der Waals surface area (Å²) < 4.78 is 10.1. The zero-order valence-electron chi connectivity index (χ0n) is 10.8. The van der Waals surface area contributed by atoms with Crippen LogP contribution in [-0.4, -0.2) is 16.6 Å². The second kappa shape index (κ2) is 5.88. The molecule has 8 heteroatoms. The van der Waals surface area contributed by atoms with E-state index in [1.54, 1.807) is 0 Å². The van der Waals surface area contributed by atoms with E-state index in [1.165, 1.54) is 12.1 Å². The summed E-state index contributed by atoms with van der Waals surface area (Å²) in [6, 6.07) is 4.54. The quantitative estimate of drug-likeness (QED) is 0.489. The summed E-state index contributed by atoms with van der Waals surface area (Å²) in [4.78, 5) is 9.91. The predicted octanol–water partition coefficient (Wildman–Crippen LogP) is 2.93. The van der Waals surface area contributed by atoms with Gasteiger partial charge < -0.3 is 14.3 Å². The molecular weight excluding hydrogens is 264 g/mol. The number of unbranched alkanes of at least 4 members (excludes halogenated alkanes) is 1. The molecule has 0 aliphatic carbocycles. The molecule has 2 aromatic rings. The van der Waals surface area contributed by atoms with Crippen LogP contribution in [0.1, 0.15) is 25.3 Å². The van der Waals surface area contributed by atoms with Gasteiger partial charge in [0.25, 0.3) is 0 Å². The maximum Gasteiger partial charge on any atom is 0.433 e. The van der Waals surface area contributed by atoms with Gasteiger partial charge in [0, 0.05) is 6.54 Å². The van der Waals surface area contributed by atoms with Gasteiger partial charge in [-0.3, -0.25) is 10.1 Å². The Morgan fingerprint density at radius 1 is 1.55 bits per heavy atom. The fraction of sp³-hybridized carbons (Fsp3) is 0.333. The molecule has 0 atom stereocenters. The maximum absolute atomic E-state index is 10.6.